The maximum atomic E-state index is 12.6. The van der Waals surface area contributed by atoms with Crippen LogP contribution in [-0.4, -0.2) is 66.7 Å². The van der Waals surface area contributed by atoms with E-state index in [4.69, 9.17) is 10.5 Å². The maximum absolute atomic E-state index is 12.6. The van der Waals surface area contributed by atoms with E-state index in [1.54, 1.807) is 0 Å². The van der Waals surface area contributed by atoms with Crippen molar-refractivity contribution in [2.24, 2.45) is 11.7 Å². The Labute approximate surface area is 122 Å². The van der Waals surface area contributed by atoms with E-state index in [9.17, 15) is 4.79 Å². The molecule has 2 aliphatic heterocycles. The summed E-state index contributed by atoms with van der Waals surface area (Å²) in [6.07, 6.45) is 1.93. The van der Waals surface area contributed by atoms with Crippen molar-refractivity contribution in [3.05, 3.63) is 0 Å². The second-order valence-electron chi connectivity index (χ2n) is 6.54. The quantitative estimate of drug-likeness (QED) is 0.824. The lowest BCUT2D eigenvalue weighted by Crippen LogP contribution is -2.59. The van der Waals surface area contributed by atoms with Gasteiger partial charge in [-0.15, -0.1) is 0 Å². The first-order valence-corrected chi connectivity index (χ1v) is 7.85. The van der Waals surface area contributed by atoms with Crippen LogP contribution in [0.15, 0.2) is 0 Å². The van der Waals surface area contributed by atoms with Gasteiger partial charge in [0.15, 0.2) is 0 Å². The van der Waals surface area contributed by atoms with Crippen LogP contribution in [0.4, 0.5) is 0 Å². The van der Waals surface area contributed by atoms with Gasteiger partial charge in [0.1, 0.15) is 0 Å². The first-order valence-electron chi connectivity index (χ1n) is 7.85. The van der Waals surface area contributed by atoms with Crippen molar-refractivity contribution < 1.29 is 9.53 Å². The number of hydrogen-bond donors (Lipinski definition) is 1. The second-order valence-corrected chi connectivity index (χ2v) is 6.54. The largest absolute Gasteiger partial charge is 0.377 e. The van der Waals surface area contributed by atoms with Crippen molar-refractivity contribution in [1.29, 1.82) is 0 Å². The van der Waals surface area contributed by atoms with E-state index in [1.165, 1.54) is 0 Å². The molecule has 2 N–H and O–H groups in total. The van der Waals surface area contributed by atoms with Crippen molar-refractivity contribution in [3.8, 4) is 0 Å². The van der Waals surface area contributed by atoms with Gasteiger partial charge in [-0.25, -0.2) is 0 Å². The van der Waals surface area contributed by atoms with E-state index in [-0.39, 0.29) is 17.6 Å². The van der Waals surface area contributed by atoms with Crippen molar-refractivity contribution in [2.45, 2.75) is 45.3 Å². The normalized spacial score (nSPS) is 28.9. The summed E-state index contributed by atoms with van der Waals surface area (Å²) in [6, 6.07) is 0. The van der Waals surface area contributed by atoms with Gasteiger partial charge in [-0.1, -0.05) is 6.92 Å². The summed E-state index contributed by atoms with van der Waals surface area (Å²) in [5.41, 5.74) is 5.85. The van der Waals surface area contributed by atoms with Gasteiger partial charge in [0, 0.05) is 44.9 Å². The highest BCUT2D eigenvalue weighted by atomic mass is 16.5. The molecule has 0 aromatic carbocycles. The number of rotatable bonds is 4. The molecule has 0 aromatic heterocycles. The molecule has 116 valence electrons. The molecule has 5 nitrogen and oxygen atoms in total. The molecule has 1 amide bonds. The summed E-state index contributed by atoms with van der Waals surface area (Å²) in [6.45, 7) is 11.3. The molecule has 2 aliphatic rings. The van der Waals surface area contributed by atoms with Crippen LogP contribution in [0, 0.1) is 5.92 Å². The second kappa shape index (κ2) is 6.41. The van der Waals surface area contributed by atoms with Gasteiger partial charge in [0.05, 0.1) is 12.0 Å². The molecule has 0 bridgehead atoms. The predicted octanol–water partition coefficient (Wildman–Crippen LogP) is 0.683. The first-order chi connectivity index (χ1) is 9.49. The van der Waals surface area contributed by atoms with Gasteiger partial charge in [0.25, 0.3) is 0 Å². The zero-order valence-electron chi connectivity index (χ0n) is 13.1. The zero-order valence-corrected chi connectivity index (χ0v) is 13.1. The molecule has 5 heteroatoms. The minimum atomic E-state index is 0.0254. The highest BCUT2D eigenvalue weighted by molar-refractivity contribution is 5.79. The molecular weight excluding hydrogens is 254 g/mol. The summed E-state index contributed by atoms with van der Waals surface area (Å²) >= 11 is 0. The number of amides is 1. The van der Waals surface area contributed by atoms with Crippen LogP contribution in [0.1, 0.15) is 33.6 Å². The molecule has 2 saturated heterocycles. The number of hydrogen-bond acceptors (Lipinski definition) is 4. The van der Waals surface area contributed by atoms with Crippen LogP contribution in [0.3, 0.4) is 0 Å². The van der Waals surface area contributed by atoms with Gasteiger partial charge < -0.3 is 15.4 Å². The number of nitrogens with two attached hydrogens (primary N) is 1. The van der Waals surface area contributed by atoms with Gasteiger partial charge in [-0.3, -0.25) is 9.69 Å². The van der Waals surface area contributed by atoms with Crippen molar-refractivity contribution in [2.75, 3.05) is 39.3 Å². The van der Waals surface area contributed by atoms with Crippen LogP contribution < -0.4 is 5.73 Å². The number of carbonyl (C=O) groups is 1. The van der Waals surface area contributed by atoms with Crippen LogP contribution >= 0.6 is 0 Å². The highest BCUT2D eigenvalue weighted by Crippen LogP contribution is 2.26. The van der Waals surface area contributed by atoms with Crippen LogP contribution in [0.25, 0.3) is 0 Å². The number of ether oxygens (including phenoxy) is 1. The third-order valence-electron chi connectivity index (χ3n) is 4.88. The Morgan fingerprint density at radius 1 is 1.30 bits per heavy atom. The number of carbonyl (C=O) groups excluding carboxylic acids is 1. The Kier molecular flexibility index (Phi) is 5.04. The topological polar surface area (TPSA) is 58.8 Å². The standard InChI is InChI=1S/C15H29N3O2/c1-4-13-12(5-10-20-13)14(19)17-6-8-18(9-7-17)15(2,3)11-16/h12-13H,4-11,16H2,1-3H3. The van der Waals surface area contributed by atoms with Crippen LogP contribution in [0.2, 0.25) is 0 Å². The summed E-state index contributed by atoms with van der Waals surface area (Å²) in [7, 11) is 0. The number of nitrogens with zero attached hydrogens (tertiary/aromatic N) is 2. The molecular formula is C15H29N3O2. The Hall–Kier alpha value is -0.650. The van der Waals surface area contributed by atoms with Gasteiger partial charge >= 0.3 is 0 Å². The third-order valence-corrected chi connectivity index (χ3v) is 4.88. The first kappa shape index (κ1) is 15.7. The molecule has 2 rings (SSSR count). The lowest BCUT2D eigenvalue weighted by atomic mass is 9.97. The van der Waals surface area contributed by atoms with E-state index < -0.39 is 0 Å². The van der Waals surface area contributed by atoms with E-state index >= 15 is 0 Å². The van der Waals surface area contributed by atoms with Gasteiger partial charge in [0.2, 0.25) is 5.91 Å². The summed E-state index contributed by atoms with van der Waals surface area (Å²) in [4.78, 5) is 17.0. The fraction of sp³-hybridized carbons (Fsp3) is 0.933. The lowest BCUT2D eigenvalue weighted by Gasteiger charge is -2.44. The van der Waals surface area contributed by atoms with E-state index in [2.05, 4.69) is 25.7 Å². The summed E-state index contributed by atoms with van der Waals surface area (Å²) in [5.74, 6) is 0.369. The van der Waals surface area contributed by atoms with Crippen LogP contribution in [0.5, 0.6) is 0 Å². The lowest BCUT2D eigenvalue weighted by molar-refractivity contribution is -0.140. The average molecular weight is 283 g/mol. The van der Waals surface area contributed by atoms with Gasteiger partial charge in [-0.2, -0.15) is 0 Å². The molecule has 0 aliphatic carbocycles. The Morgan fingerprint density at radius 3 is 2.50 bits per heavy atom. The van der Waals surface area contributed by atoms with E-state index in [1.807, 2.05) is 4.90 Å². The van der Waals surface area contributed by atoms with E-state index in [0.717, 1.165) is 45.6 Å². The fourth-order valence-corrected chi connectivity index (χ4v) is 3.23. The minimum Gasteiger partial charge on any atom is -0.377 e. The maximum Gasteiger partial charge on any atom is 0.228 e. The molecule has 20 heavy (non-hydrogen) atoms. The molecule has 2 heterocycles. The van der Waals surface area contributed by atoms with E-state index in [0.29, 0.717) is 12.5 Å². The summed E-state index contributed by atoms with van der Waals surface area (Å²) < 4.78 is 5.65. The highest BCUT2D eigenvalue weighted by Gasteiger charge is 2.37. The summed E-state index contributed by atoms with van der Waals surface area (Å²) in [5, 5.41) is 0. The third kappa shape index (κ3) is 3.15. The molecule has 0 spiro atoms. The minimum absolute atomic E-state index is 0.0254. The van der Waals surface area contributed by atoms with Crippen molar-refractivity contribution >= 4 is 5.91 Å². The Balaban J connectivity index is 1.89. The van der Waals surface area contributed by atoms with Crippen molar-refractivity contribution in [1.82, 2.24) is 9.80 Å². The van der Waals surface area contributed by atoms with Gasteiger partial charge in [-0.05, 0) is 26.7 Å². The zero-order chi connectivity index (χ0) is 14.8. The average Bonchev–Trinajstić information content (AvgIpc) is 2.95. The van der Waals surface area contributed by atoms with Crippen LogP contribution in [-0.2, 0) is 9.53 Å². The predicted molar refractivity (Wildman–Crippen MR) is 79.4 cm³/mol. The molecule has 2 atom stereocenters. The molecule has 0 radical (unpaired) electrons. The molecule has 0 saturated carbocycles. The molecule has 0 aromatic rings. The fourth-order valence-electron chi connectivity index (χ4n) is 3.23. The Bertz CT molecular complexity index is 338. The Morgan fingerprint density at radius 2 is 1.95 bits per heavy atom. The monoisotopic (exact) mass is 283 g/mol. The van der Waals surface area contributed by atoms with Crippen molar-refractivity contribution in [3.63, 3.8) is 0 Å². The SMILES string of the molecule is CCC1OCCC1C(=O)N1CCN(C(C)(C)CN)CC1. The number of piperazine rings is 1. The molecule has 2 unspecified atom stereocenters. The molecule has 2 fully saturated rings. The smallest absolute Gasteiger partial charge is 0.228 e.